The highest BCUT2D eigenvalue weighted by Gasteiger charge is 2.25. The zero-order valence-electron chi connectivity index (χ0n) is 11.7. The molecule has 0 radical (unpaired) electrons. The third kappa shape index (κ3) is 3.26. The highest BCUT2D eigenvalue weighted by Crippen LogP contribution is 2.26. The van der Waals surface area contributed by atoms with Crippen LogP contribution < -0.4 is 5.32 Å². The smallest absolute Gasteiger partial charge is 0.269 e. The molecule has 1 unspecified atom stereocenters. The number of aliphatic hydroxyl groups excluding tert-OH is 1. The van der Waals surface area contributed by atoms with Crippen LogP contribution in [0.3, 0.4) is 0 Å². The van der Waals surface area contributed by atoms with Crippen molar-refractivity contribution < 1.29 is 10.0 Å². The van der Waals surface area contributed by atoms with Crippen LogP contribution in [-0.4, -0.2) is 40.7 Å². The lowest BCUT2D eigenvalue weighted by Crippen LogP contribution is -2.31. The zero-order chi connectivity index (χ0) is 14.5. The fraction of sp³-hybridized carbons (Fsp3) is 0.571. The minimum Gasteiger partial charge on any atom is -0.395 e. The number of nitrogens with one attached hydrogen (secondary N) is 1. The molecule has 0 saturated carbocycles. The van der Waals surface area contributed by atoms with Gasteiger partial charge in [0.05, 0.1) is 11.5 Å². The molecule has 6 heteroatoms. The SMILES string of the molecule is CCNc1ccc([N+](=O)[O-])cc1CN1CCCC1CO. The summed E-state index contributed by atoms with van der Waals surface area (Å²) in [6, 6.07) is 5.09. The van der Waals surface area contributed by atoms with Crippen molar-refractivity contribution in [1.29, 1.82) is 0 Å². The van der Waals surface area contributed by atoms with Crippen molar-refractivity contribution in [3.63, 3.8) is 0 Å². The summed E-state index contributed by atoms with van der Waals surface area (Å²) >= 11 is 0. The molecule has 1 aliphatic heterocycles. The standard InChI is InChI=1S/C14H21N3O3/c1-2-15-14-6-5-12(17(19)20)8-11(14)9-16-7-3-4-13(16)10-18/h5-6,8,13,15,18H,2-4,7,9-10H2,1H3. The summed E-state index contributed by atoms with van der Waals surface area (Å²) < 4.78 is 0. The Kier molecular flexibility index (Phi) is 4.92. The average Bonchev–Trinajstić information content (AvgIpc) is 2.88. The fourth-order valence-electron chi connectivity index (χ4n) is 2.72. The summed E-state index contributed by atoms with van der Waals surface area (Å²) in [5, 5.41) is 23.5. The van der Waals surface area contributed by atoms with Gasteiger partial charge in [-0.2, -0.15) is 0 Å². The lowest BCUT2D eigenvalue weighted by atomic mass is 10.1. The maximum atomic E-state index is 10.9. The summed E-state index contributed by atoms with van der Waals surface area (Å²) in [5.74, 6) is 0. The third-order valence-electron chi connectivity index (χ3n) is 3.75. The maximum Gasteiger partial charge on any atom is 0.269 e. The number of likely N-dealkylation sites (tertiary alicyclic amines) is 1. The number of hydrogen-bond acceptors (Lipinski definition) is 5. The van der Waals surface area contributed by atoms with Crippen LogP contribution in [0.1, 0.15) is 25.3 Å². The first-order valence-corrected chi connectivity index (χ1v) is 7.01. The number of rotatable bonds is 6. The van der Waals surface area contributed by atoms with Gasteiger partial charge in [-0.1, -0.05) is 0 Å². The molecular weight excluding hydrogens is 258 g/mol. The number of nitrogens with zero attached hydrogens (tertiary/aromatic N) is 2. The molecule has 110 valence electrons. The molecule has 1 aromatic carbocycles. The first-order valence-electron chi connectivity index (χ1n) is 7.01. The summed E-state index contributed by atoms with van der Waals surface area (Å²) in [6.07, 6.45) is 2.05. The number of non-ortho nitro benzene ring substituents is 1. The molecule has 0 bridgehead atoms. The maximum absolute atomic E-state index is 10.9. The molecule has 6 nitrogen and oxygen atoms in total. The van der Waals surface area contributed by atoms with Gasteiger partial charge in [0.2, 0.25) is 0 Å². The van der Waals surface area contributed by atoms with Gasteiger partial charge in [-0.15, -0.1) is 0 Å². The first-order chi connectivity index (χ1) is 9.65. The second-order valence-electron chi connectivity index (χ2n) is 5.08. The minimum absolute atomic E-state index is 0.112. The van der Waals surface area contributed by atoms with Crippen LogP contribution in [-0.2, 0) is 6.54 Å². The van der Waals surface area contributed by atoms with E-state index in [1.54, 1.807) is 12.1 Å². The van der Waals surface area contributed by atoms with Crippen molar-refractivity contribution in [2.24, 2.45) is 0 Å². The molecule has 1 aliphatic rings. The van der Waals surface area contributed by atoms with Crippen molar-refractivity contribution in [2.45, 2.75) is 32.4 Å². The Morgan fingerprint density at radius 1 is 1.55 bits per heavy atom. The molecular formula is C14H21N3O3. The Hall–Kier alpha value is -1.66. The molecule has 20 heavy (non-hydrogen) atoms. The molecule has 1 heterocycles. The predicted molar refractivity (Wildman–Crippen MR) is 77.8 cm³/mol. The number of nitro benzene ring substituents is 1. The van der Waals surface area contributed by atoms with E-state index in [1.807, 2.05) is 6.92 Å². The van der Waals surface area contributed by atoms with Crippen molar-refractivity contribution in [1.82, 2.24) is 4.90 Å². The van der Waals surface area contributed by atoms with Crippen LogP contribution in [0.2, 0.25) is 0 Å². The van der Waals surface area contributed by atoms with E-state index < -0.39 is 0 Å². The fourth-order valence-corrected chi connectivity index (χ4v) is 2.72. The lowest BCUT2D eigenvalue weighted by molar-refractivity contribution is -0.384. The van der Waals surface area contributed by atoms with Crippen LogP contribution in [0.15, 0.2) is 18.2 Å². The quantitative estimate of drug-likeness (QED) is 0.615. The molecule has 2 N–H and O–H groups in total. The Bertz CT molecular complexity index is 479. The molecule has 1 aromatic rings. The van der Waals surface area contributed by atoms with Crippen molar-refractivity contribution in [3.8, 4) is 0 Å². The van der Waals surface area contributed by atoms with Gasteiger partial charge in [0, 0.05) is 37.0 Å². The van der Waals surface area contributed by atoms with E-state index in [1.165, 1.54) is 6.07 Å². The van der Waals surface area contributed by atoms with E-state index in [4.69, 9.17) is 0 Å². The lowest BCUT2D eigenvalue weighted by Gasteiger charge is -2.24. The van der Waals surface area contributed by atoms with Gasteiger partial charge in [-0.05, 0) is 37.9 Å². The van der Waals surface area contributed by atoms with Gasteiger partial charge in [-0.25, -0.2) is 0 Å². The Labute approximate surface area is 118 Å². The van der Waals surface area contributed by atoms with Gasteiger partial charge in [0.15, 0.2) is 0 Å². The van der Waals surface area contributed by atoms with Crippen molar-refractivity contribution in [3.05, 3.63) is 33.9 Å². The Morgan fingerprint density at radius 2 is 2.35 bits per heavy atom. The number of nitro groups is 1. The van der Waals surface area contributed by atoms with E-state index in [2.05, 4.69) is 10.2 Å². The first kappa shape index (κ1) is 14.7. The van der Waals surface area contributed by atoms with Crippen molar-refractivity contribution in [2.75, 3.05) is 25.0 Å². The Morgan fingerprint density at radius 3 is 3.00 bits per heavy atom. The molecule has 1 saturated heterocycles. The van der Waals surface area contributed by atoms with Crippen LogP contribution in [0.5, 0.6) is 0 Å². The number of anilines is 1. The molecule has 0 aromatic heterocycles. The normalized spacial score (nSPS) is 19.2. The second-order valence-corrected chi connectivity index (χ2v) is 5.08. The van der Waals surface area contributed by atoms with E-state index in [-0.39, 0.29) is 23.3 Å². The Balaban J connectivity index is 2.22. The molecule has 0 amide bonds. The van der Waals surface area contributed by atoms with Crippen LogP contribution in [0.25, 0.3) is 0 Å². The zero-order valence-corrected chi connectivity index (χ0v) is 11.7. The van der Waals surface area contributed by atoms with Crippen LogP contribution in [0, 0.1) is 10.1 Å². The topological polar surface area (TPSA) is 78.6 Å². The van der Waals surface area contributed by atoms with Gasteiger partial charge >= 0.3 is 0 Å². The van der Waals surface area contributed by atoms with E-state index >= 15 is 0 Å². The number of aliphatic hydroxyl groups is 1. The molecule has 1 fully saturated rings. The average molecular weight is 279 g/mol. The third-order valence-corrected chi connectivity index (χ3v) is 3.75. The van der Waals surface area contributed by atoms with E-state index in [0.29, 0.717) is 6.54 Å². The van der Waals surface area contributed by atoms with Gasteiger partial charge in [0.25, 0.3) is 5.69 Å². The monoisotopic (exact) mass is 279 g/mol. The largest absolute Gasteiger partial charge is 0.395 e. The van der Waals surface area contributed by atoms with Crippen LogP contribution >= 0.6 is 0 Å². The summed E-state index contributed by atoms with van der Waals surface area (Å²) in [6.45, 7) is 4.48. The highest BCUT2D eigenvalue weighted by molar-refractivity contribution is 5.56. The van der Waals surface area contributed by atoms with Gasteiger partial charge in [-0.3, -0.25) is 15.0 Å². The number of benzene rings is 1. The summed E-state index contributed by atoms with van der Waals surface area (Å²) in [4.78, 5) is 12.7. The highest BCUT2D eigenvalue weighted by atomic mass is 16.6. The van der Waals surface area contributed by atoms with Gasteiger partial charge in [0.1, 0.15) is 0 Å². The summed E-state index contributed by atoms with van der Waals surface area (Å²) in [7, 11) is 0. The van der Waals surface area contributed by atoms with Crippen molar-refractivity contribution >= 4 is 11.4 Å². The van der Waals surface area contributed by atoms with E-state index in [0.717, 1.165) is 37.2 Å². The van der Waals surface area contributed by atoms with Gasteiger partial charge < -0.3 is 10.4 Å². The minimum atomic E-state index is -0.368. The number of hydrogen-bond donors (Lipinski definition) is 2. The molecule has 0 aliphatic carbocycles. The second kappa shape index (κ2) is 6.67. The molecule has 0 spiro atoms. The van der Waals surface area contributed by atoms with Crippen LogP contribution in [0.4, 0.5) is 11.4 Å². The molecule has 2 rings (SSSR count). The summed E-state index contributed by atoms with van der Waals surface area (Å²) in [5.41, 5.74) is 1.96. The van der Waals surface area contributed by atoms with E-state index in [9.17, 15) is 15.2 Å². The predicted octanol–water partition coefficient (Wildman–Crippen LogP) is 1.98. The molecule has 1 atom stereocenters.